The van der Waals surface area contributed by atoms with Crippen LogP contribution in [-0.4, -0.2) is 396 Å². The van der Waals surface area contributed by atoms with Gasteiger partial charge < -0.3 is 185 Å². The minimum Gasteiger partial charge on any atom is -0.477 e. The van der Waals surface area contributed by atoms with Gasteiger partial charge in [-0.3, -0.25) is 9.59 Å². The van der Waals surface area contributed by atoms with Gasteiger partial charge in [-0.05, 0) is 6.92 Å². The maximum Gasteiger partial charge on any atom is 0.364 e. The molecule has 35 atom stereocenters. The highest BCUT2D eigenvalue weighted by molar-refractivity contribution is 5.76. The Hall–Kier alpha value is -2.95. The van der Waals surface area contributed by atoms with Gasteiger partial charge in [0, 0.05) is 20.3 Å². The number of hydrogen-bond acceptors (Lipinski definition) is 37. The molecule has 0 aromatic heterocycles. The first kappa shape index (κ1) is 75.1. The molecule has 40 heteroatoms. The van der Waals surface area contributed by atoms with Crippen molar-refractivity contribution >= 4 is 17.8 Å². The highest BCUT2D eigenvalue weighted by atomic mass is 16.8. The third-order valence-electron chi connectivity index (χ3n) is 15.9. The van der Waals surface area contributed by atoms with E-state index < -0.39 is 285 Å². The Morgan fingerprint density at radius 2 is 0.978 bits per heavy atom. The maximum atomic E-state index is 13.2. The quantitative estimate of drug-likeness (QED) is 0.0363. The van der Waals surface area contributed by atoms with E-state index in [0.29, 0.717) is 0 Å². The summed E-state index contributed by atoms with van der Waals surface area (Å²) < 4.78 is 69.8. The van der Waals surface area contributed by atoms with Crippen LogP contribution in [0, 0.1) is 0 Å². The van der Waals surface area contributed by atoms with Crippen LogP contribution >= 0.6 is 0 Å². The fourth-order valence-corrected chi connectivity index (χ4v) is 10.9. The van der Waals surface area contributed by atoms with Crippen molar-refractivity contribution in [3.63, 3.8) is 0 Å². The number of aliphatic carboxylic acids is 1. The van der Waals surface area contributed by atoms with Crippen LogP contribution in [-0.2, 0) is 71.2 Å². The van der Waals surface area contributed by atoms with Crippen LogP contribution in [0.15, 0.2) is 0 Å². The molecule has 0 aromatic rings. The second-order valence-electron chi connectivity index (χ2n) is 22.2. The average molecular weight is 1310 g/mol. The molecule has 0 aromatic carbocycles. The highest BCUT2D eigenvalue weighted by Gasteiger charge is 2.62. The molecule has 6 fully saturated rings. The van der Waals surface area contributed by atoms with Gasteiger partial charge in [0.2, 0.25) is 11.8 Å². The zero-order chi connectivity index (χ0) is 66.4. The number of aliphatic hydroxyl groups is 22. The monoisotopic (exact) mass is 1310 g/mol. The van der Waals surface area contributed by atoms with Crippen LogP contribution in [0.25, 0.3) is 0 Å². The van der Waals surface area contributed by atoms with Gasteiger partial charge in [0.15, 0.2) is 31.5 Å². The SMILES string of the molecule is CC(=O)N[C@H]1[C@H](OC[C@H]2O[C@@H](O[C@@H]([C@H](O)[C@@H](O)CO)[C@H](O)CO)[C@H](O)[C@@H](O[C@@H]3O[C@H](CO)[C@H](O)[C@H](O[C@]4(C(=O)O)C[C@H](O)[C@@H](NC(C)=O)[C@H]([C@H](O)[C@H](O)CO)O4)[C@H]3O)[C@H]2O)O[C@H](CO)[C@@H](O[C@@H]2O[C@H](CO)[C@H](O)[C@H](O)[C@H]2O)[C@@H]1O[C@@H]1O[C@@H](C)[C@@H](O)[C@@H](O)[C@@H]1O. The Balaban J connectivity index is 1.38. The number of carboxylic acids is 1. The molecule has 0 aliphatic carbocycles. The molecule has 6 heterocycles. The summed E-state index contributed by atoms with van der Waals surface area (Å²) in [5, 5.41) is 252. The van der Waals surface area contributed by atoms with E-state index in [4.69, 9.17) is 56.8 Å². The van der Waals surface area contributed by atoms with Gasteiger partial charge in [-0.15, -0.1) is 0 Å². The standard InChI is InChI=1S/C49H84N2O38/c1-12-25(64)31(70)33(72)44(79-12)86-40-24(51-14(3)59)43(82-21(10-57)38(40)85-45-34(73)32(71)28(67)19(8-55)80-45)78-11-22-30(69)41(35(74)46(83-22)84-37(18(63)7-54)26(65)16(61)5-52)87-47-36(75)42(29(68)20(9-56)81-47)89-49(48(76)77)4-15(60)23(50-13(2)58)39(88-49)27(66)17(62)6-53/h12,15-47,52-57,60-75H,4-11H2,1-3H3,(H,50,58)(H,51,59)(H,76,77)/t12-,15-,16-,17+,18+,19+,20+,21+,22+,23+,24+,25+,26+,27+,28-,29-,30-,31+,32-,33-,34+,35+,36+,37+,38+,39+,40+,41-,42-,43+,44-,45-,46-,47-,49-/m0/s1. The van der Waals surface area contributed by atoms with Crippen LogP contribution in [0.2, 0.25) is 0 Å². The van der Waals surface area contributed by atoms with E-state index in [9.17, 15) is 132 Å². The molecule has 2 amide bonds. The predicted octanol–water partition coefficient (Wildman–Crippen LogP) is -16.1. The first-order valence-corrected chi connectivity index (χ1v) is 28.0. The Kier molecular flexibility index (Phi) is 27.4. The van der Waals surface area contributed by atoms with Crippen molar-refractivity contribution < 1.29 is 189 Å². The first-order chi connectivity index (χ1) is 41.8. The van der Waals surface area contributed by atoms with Gasteiger partial charge >= 0.3 is 5.97 Å². The number of ether oxygens (including phenoxy) is 12. The summed E-state index contributed by atoms with van der Waals surface area (Å²) in [5.74, 6) is -7.27. The van der Waals surface area contributed by atoms with Gasteiger partial charge in [0.25, 0.3) is 5.79 Å². The molecule has 0 radical (unpaired) electrons. The van der Waals surface area contributed by atoms with Crippen molar-refractivity contribution in [2.45, 2.75) is 241 Å². The van der Waals surface area contributed by atoms with E-state index in [1.165, 1.54) is 6.92 Å². The third kappa shape index (κ3) is 16.8. The van der Waals surface area contributed by atoms with Crippen LogP contribution in [0.3, 0.4) is 0 Å². The molecule has 89 heavy (non-hydrogen) atoms. The summed E-state index contributed by atoms with van der Waals surface area (Å²) in [4.78, 5) is 38.4. The van der Waals surface area contributed by atoms with Crippen LogP contribution in [0.5, 0.6) is 0 Å². The molecule has 0 spiro atoms. The lowest BCUT2D eigenvalue weighted by Gasteiger charge is -2.51. The molecule has 0 bridgehead atoms. The number of nitrogens with one attached hydrogen (secondary N) is 2. The molecular formula is C49H84N2O38. The minimum atomic E-state index is -3.31. The largest absolute Gasteiger partial charge is 0.477 e. The predicted molar refractivity (Wildman–Crippen MR) is 273 cm³/mol. The molecule has 6 rings (SSSR count). The molecule has 25 N–H and O–H groups in total. The molecule has 6 saturated heterocycles. The van der Waals surface area contributed by atoms with Crippen LogP contribution < -0.4 is 10.6 Å². The van der Waals surface area contributed by atoms with Crippen molar-refractivity contribution in [1.82, 2.24) is 10.6 Å². The summed E-state index contributed by atoms with van der Waals surface area (Å²) >= 11 is 0. The normalized spacial score (nSPS) is 45.1. The van der Waals surface area contributed by atoms with E-state index in [1.807, 2.05) is 0 Å². The van der Waals surface area contributed by atoms with Crippen molar-refractivity contribution in [2.24, 2.45) is 0 Å². The fourth-order valence-electron chi connectivity index (χ4n) is 10.9. The first-order valence-electron chi connectivity index (χ1n) is 28.0. The summed E-state index contributed by atoms with van der Waals surface area (Å²) in [7, 11) is 0. The van der Waals surface area contributed by atoms with Crippen molar-refractivity contribution in [3.05, 3.63) is 0 Å². The number of amides is 2. The Morgan fingerprint density at radius 3 is 1.53 bits per heavy atom. The maximum absolute atomic E-state index is 13.2. The summed E-state index contributed by atoms with van der Waals surface area (Å²) in [5.41, 5.74) is 0. The van der Waals surface area contributed by atoms with E-state index in [-0.39, 0.29) is 0 Å². The highest BCUT2D eigenvalue weighted by Crippen LogP contribution is 2.40. The van der Waals surface area contributed by atoms with Crippen molar-refractivity contribution in [3.8, 4) is 0 Å². The van der Waals surface area contributed by atoms with Gasteiger partial charge in [-0.2, -0.15) is 0 Å². The Bertz CT molecular complexity index is 2220. The minimum absolute atomic E-state index is 0.871. The molecular weight excluding hydrogens is 1220 g/mol. The Morgan fingerprint density at radius 1 is 0.506 bits per heavy atom. The third-order valence-corrected chi connectivity index (χ3v) is 15.9. The lowest BCUT2D eigenvalue weighted by molar-refractivity contribution is -0.393. The molecule has 6 aliphatic heterocycles. The summed E-state index contributed by atoms with van der Waals surface area (Å²) in [6, 6.07) is -3.60. The molecule has 6 aliphatic rings. The number of aliphatic hydroxyl groups excluding tert-OH is 22. The molecule has 518 valence electrons. The van der Waals surface area contributed by atoms with Crippen LogP contribution in [0.4, 0.5) is 0 Å². The number of carbonyl (C=O) groups excluding carboxylic acids is 2. The van der Waals surface area contributed by atoms with E-state index in [1.54, 1.807) is 0 Å². The molecule has 40 nitrogen and oxygen atoms in total. The zero-order valence-electron chi connectivity index (χ0n) is 47.7. The fraction of sp³-hybridized carbons (Fsp3) is 0.939. The summed E-state index contributed by atoms with van der Waals surface area (Å²) in [6.45, 7) is -4.97. The lowest BCUT2D eigenvalue weighted by Crippen LogP contribution is -2.71. The van der Waals surface area contributed by atoms with Crippen LogP contribution in [0.1, 0.15) is 27.2 Å². The van der Waals surface area contributed by atoms with Gasteiger partial charge in [-0.25, -0.2) is 4.79 Å². The van der Waals surface area contributed by atoms with Gasteiger partial charge in [0.1, 0.15) is 159 Å². The zero-order valence-corrected chi connectivity index (χ0v) is 47.7. The second-order valence-corrected chi connectivity index (χ2v) is 22.2. The van der Waals surface area contributed by atoms with E-state index in [2.05, 4.69) is 10.6 Å². The summed E-state index contributed by atoms with van der Waals surface area (Å²) in [6.07, 6.45) is -69.2. The number of carboxylic acid groups (broad SMARTS) is 1. The smallest absolute Gasteiger partial charge is 0.364 e. The second kappa shape index (κ2) is 32.5. The topological polar surface area (TPSA) is 651 Å². The lowest BCUT2D eigenvalue weighted by atomic mass is 9.88. The van der Waals surface area contributed by atoms with Gasteiger partial charge in [-0.1, -0.05) is 0 Å². The molecule has 0 unspecified atom stereocenters. The Labute approximate surface area is 503 Å². The van der Waals surface area contributed by atoms with E-state index in [0.717, 1.165) is 13.8 Å². The molecule has 0 saturated carbocycles. The number of carbonyl (C=O) groups is 3. The van der Waals surface area contributed by atoms with Crippen molar-refractivity contribution in [2.75, 3.05) is 46.2 Å². The van der Waals surface area contributed by atoms with E-state index >= 15 is 0 Å². The average Bonchev–Trinajstić information content (AvgIpc) is 1.13. The van der Waals surface area contributed by atoms with Crippen molar-refractivity contribution in [1.29, 1.82) is 0 Å². The number of rotatable bonds is 27. The number of hydrogen-bond donors (Lipinski definition) is 25. The van der Waals surface area contributed by atoms with Gasteiger partial charge in [0.05, 0.1) is 64.5 Å².